The van der Waals surface area contributed by atoms with Crippen LogP contribution in [0, 0.1) is 23.7 Å². The number of ether oxygens (including phenoxy) is 5. The molecule has 0 saturated carbocycles. The van der Waals surface area contributed by atoms with Crippen molar-refractivity contribution in [2.45, 2.75) is 112 Å². The zero-order chi connectivity index (χ0) is 32.0. The summed E-state index contributed by atoms with van der Waals surface area (Å²) >= 11 is 0. The van der Waals surface area contributed by atoms with Crippen molar-refractivity contribution in [1.29, 1.82) is 0 Å². The smallest absolute Gasteiger partial charge is 0.547 e. The molecule has 244 valence electrons. The van der Waals surface area contributed by atoms with Crippen LogP contribution in [0.3, 0.4) is 0 Å². The van der Waals surface area contributed by atoms with E-state index in [2.05, 4.69) is 66.0 Å². The molecule has 43 heavy (non-hydrogen) atoms. The van der Waals surface area contributed by atoms with Crippen LogP contribution in [-0.4, -0.2) is 93.3 Å². The monoisotopic (exact) mass is 624 g/mol. The minimum atomic E-state index is -1.35. The van der Waals surface area contributed by atoms with Crippen molar-refractivity contribution in [3.8, 4) is 0 Å². The van der Waals surface area contributed by atoms with E-state index in [1.165, 1.54) is 0 Å². The van der Waals surface area contributed by atoms with Gasteiger partial charge in [-0.25, -0.2) is 4.79 Å². The minimum Gasteiger partial charge on any atom is -0.547 e. The number of carbonyl (C=O) groups excluding carboxylic acids is 4. The molecule has 2 aliphatic heterocycles. The summed E-state index contributed by atoms with van der Waals surface area (Å²) in [5.74, 6) is -0.764. The summed E-state index contributed by atoms with van der Waals surface area (Å²) < 4.78 is 25.9. The normalized spacial score (nSPS) is 21.8. The largest absolute Gasteiger partial charge is 1.00 e. The molecule has 6 atom stereocenters. The maximum absolute atomic E-state index is 12.1. The number of nitrogens with one attached hydrogen (secondary N) is 2. The number of rotatable bonds is 19. The van der Waals surface area contributed by atoms with Crippen molar-refractivity contribution in [2.24, 2.45) is 23.7 Å². The SMILES string of the molecule is CC(C)COC[C@H](CC(C)C)NC(=O)[C@H]1O[C@@H]1C(=O)[O-].CCOC(=O)[C@H]1O[C@@H]1C(=O)N[C@H](COCC(C)C)CC(C)C.[Na+]. The van der Waals surface area contributed by atoms with E-state index in [-0.39, 0.29) is 54.2 Å². The third kappa shape index (κ3) is 18.3. The van der Waals surface area contributed by atoms with Gasteiger partial charge >= 0.3 is 35.5 Å². The van der Waals surface area contributed by atoms with Crippen molar-refractivity contribution in [2.75, 3.05) is 33.0 Å². The topological polar surface area (TPSA) is 168 Å². The van der Waals surface area contributed by atoms with E-state index in [1.807, 2.05) is 0 Å². The van der Waals surface area contributed by atoms with Gasteiger partial charge in [-0.3, -0.25) is 9.59 Å². The Kier molecular flexibility index (Phi) is 20.8. The third-order valence-corrected chi connectivity index (χ3v) is 6.00. The summed E-state index contributed by atoms with van der Waals surface area (Å²) in [6.07, 6.45) is -1.91. The molecule has 2 rings (SSSR count). The maximum Gasteiger partial charge on any atom is 1.00 e. The van der Waals surface area contributed by atoms with Crippen LogP contribution in [-0.2, 0) is 42.9 Å². The number of carboxylic acids is 1. The van der Waals surface area contributed by atoms with E-state index in [0.29, 0.717) is 50.1 Å². The fourth-order valence-electron chi connectivity index (χ4n) is 4.14. The molecule has 13 heteroatoms. The number of amides is 2. The number of carboxylic acid groups (broad SMARTS) is 1. The van der Waals surface area contributed by atoms with Crippen LogP contribution in [0.2, 0.25) is 0 Å². The first-order valence-corrected chi connectivity index (χ1v) is 15.1. The van der Waals surface area contributed by atoms with Gasteiger partial charge in [0.2, 0.25) is 0 Å². The van der Waals surface area contributed by atoms with Crippen LogP contribution >= 0.6 is 0 Å². The first-order valence-electron chi connectivity index (χ1n) is 15.1. The number of carbonyl (C=O) groups is 4. The van der Waals surface area contributed by atoms with Gasteiger partial charge < -0.3 is 44.2 Å². The van der Waals surface area contributed by atoms with Crippen LogP contribution in [0.25, 0.3) is 0 Å². The Hall–Kier alpha value is -1.28. The van der Waals surface area contributed by atoms with Crippen molar-refractivity contribution >= 4 is 23.8 Å². The Labute approximate surface area is 279 Å². The van der Waals surface area contributed by atoms with Gasteiger partial charge in [-0.15, -0.1) is 0 Å². The molecule has 12 nitrogen and oxygen atoms in total. The Bertz CT molecular complexity index is 855. The van der Waals surface area contributed by atoms with Gasteiger partial charge in [0.25, 0.3) is 11.8 Å². The van der Waals surface area contributed by atoms with Gasteiger partial charge in [0.15, 0.2) is 18.3 Å². The van der Waals surface area contributed by atoms with Crippen LogP contribution in [0.4, 0.5) is 0 Å². The van der Waals surface area contributed by atoms with Gasteiger partial charge in [0.05, 0.1) is 37.9 Å². The van der Waals surface area contributed by atoms with Gasteiger partial charge in [-0.05, 0) is 43.4 Å². The summed E-state index contributed by atoms with van der Waals surface area (Å²) in [6.45, 7) is 20.8. The number of epoxide rings is 2. The van der Waals surface area contributed by atoms with Crippen LogP contribution in [0.15, 0.2) is 0 Å². The molecule has 2 heterocycles. The van der Waals surface area contributed by atoms with Crippen molar-refractivity contribution in [3.63, 3.8) is 0 Å². The van der Waals surface area contributed by atoms with E-state index in [0.717, 1.165) is 12.8 Å². The molecule has 0 aromatic rings. The van der Waals surface area contributed by atoms with E-state index in [1.54, 1.807) is 6.92 Å². The Balaban J connectivity index is 0.000000805. The molecule has 2 N–H and O–H groups in total. The van der Waals surface area contributed by atoms with Gasteiger partial charge in [-0.2, -0.15) is 0 Å². The number of hydrogen-bond acceptors (Lipinski definition) is 10. The molecule has 0 aromatic carbocycles. The van der Waals surface area contributed by atoms with E-state index in [9.17, 15) is 24.3 Å². The molecule has 2 aliphatic rings. The molecule has 2 amide bonds. The Morgan fingerprint density at radius 2 is 1.05 bits per heavy atom. The zero-order valence-electron chi connectivity index (χ0n) is 27.8. The molecule has 0 aromatic heterocycles. The van der Waals surface area contributed by atoms with Gasteiger partial charge in [-0.1, -0.05) is 55.4 Å². The molecule has 0 bridgehead atoms. The van der Waals surface area contributed by atoms with Crippen molar-refractivity contribution < 1.29 is 77.5 Å². The van der Waals surface area contributed by atoms with Crippen LogP contribution < -0.4 is 45.3 Å². The zero-order valence-corrected chi connectivity index (χ0v) is 29.8. The Morgan fingerprint density at radius 3 is 1.37 bits per heavy atom. The predicted molar refractivity (Wildman–Crippen MR) is 153 cm³/mol. The summed E-state index contributed by atoms with van der Waals surface area (Å²) in [5, 5.41) is 16.2. The second kappa shape index (κ2) is 21.5. The molecule has 0 unspecified atom stereocenters. The fraction of sp³-hybridized carbons (Fsp3) is 0.867. The van der Waals surface area contributed by atoms with E-state index >= 15 is 0 Å². The van der Waals surface area contributed by atoms with Crippen molar-refractivity contribution in [3.05, 3.63) is 0 Å². The summed E-state index contributed by atoms with van der Waals surface area (Å²) in [6, 6.07) is -0.203. The van der Waals surface area contributed by atoms with Crippen LogP contribution in [0.5, 0.6) is 0 Å². The molecule has 0 spiro atoms. The van der Waals surface area contributed by atoms with E-state index in [4.69, 9.17) is 23.7 Å². The Morgan fingerprint density at radius 1 is 0.651 bits per heavy atom. The minimum absolute atomic E-state index is 0. The number of aliphatic carboxylic acids is 1. The molecule has 0 aliphatic carbocycles. The summed E-state index contributed by atoms with van der Waals surface area (Å²) in [7, 11) is 0. The molecular formula is C30H53N2NaO10. The maximum atomic E-state index is 12.1. The van der Waals surface area contributed by atoms with Crippen LogP contribution in [0.1, 0.15) is 75.2 Å². The van der Waals surface area contributed by atoms with Gasteiger partial charge in [0, 0.05) is 13.2 Å². The molecule has 0 radical (unpaired) electrons. The fourth-order valence-corrected chi connectivity index (χ4v) is 4.14. The molecular weight excluding hydrogens is 571 g/mol. The number of hydrogen-bond donors (Lipinski definition) is 2. The van der Waals surface area contributed by atoms with E-state index < -0.39 is 42.3 Å². The average Bonchev–Trinajstić information content (AvgIpc) is 3.77. The average molecular weight is 625 g/mol. The quantitative estimate of drug-likeness (QED) is 0.0954. The first-order chi connectivity index (χ1) is 19.7. The third-order valence-electron chi connectivity index (χ3n) is 6.00. The summed E-state index contributed by atoms with van der Waals surface area (Å²) in [5.41, 5.74) is 0. The van der Waals surface area contributed by atoms with Gasteiger partial charge in [0.1, 0.15) is 6.10 Å². The second-order valence-electron chi connectivity index (χ2n) is 12.6. The van der Waals surface area contributed by atoms with Crippen molar-refractivity contribution in [1.82, 2.24) is 10.6 Å². The molecule has 2 saturated heterocycles. The standard InChI is InChI=1S/C16H29NO5.C14H25NO5.Na/c1-6-21-16(19)14-13(22-14)15(18)17-12(7-10(2)3)9-20-8-11(4)5;1-8(2)5-10(7-19-6-9(3)4)15-13(16)11-12(20-11)14(17)18;/h10-14H,6-9H2,1-5H3,(H,17,18);8-12H,5-7H2,1-4H3,(H,15,16)(H,17,18);/q;;+1/p-1/t12-,13-,14-;10-,11-,12-;/m00./s1. The first kappa shape index (κ1) is 41.7. The predicted octanol–water partition coefficient (Wildman–Crippen LogP) is -1.77. The second-order valence-corrected chi connectivity index (χ2v) is 12.6. The number of esters is 1. The molecule has 2 fully saturated rings. The summed E-state index contributed by atoms with van der Waals surface area (Å²) in [4.78, 5) is 46.0.